The minimum Gasteiger partial charge on any atom is -0.382 e. The van der Waals surface area contributed by atoms with Crippen LogP contribution in [0, 0.1) is 11.3 Å². The van der Waals surface area contributed by atoms with Gasteiger partial charge in [-0.1, -0.05) is 5.21 Å². The SMILES string of the molecule is CC(C)Nc1cc(-c2ccc3cc(C#N)cnn23)ncc1-c1cn(C2COC2)nn1. The summed E-state index contributed by atoms with van der Waals surface area (Å²) in [6, 6.07) is 10.3. The number of pyridine rings is 1. The molecule has 0 atom stereocenters. The van der Waals surface area contributed by atoms with Gasteiger partial charge >= 0.3 is 0 Å². The Kier molecular flexibility index (Phi) is 4.41. The highest BCUT2D eigenvalue weighted by molar-refractivity contribution is 5.78. The zero-order valence-electron chi connectivity index (χ0n) is 16.6. The highest BCUT2D eigenvalue weighted by atomic mass is 16.5. The van der Waals surface area contributed by atoms with Crippen LogP contribution in [-0.2, 0) is 4.74 Å². The van der Waals surface area contributed by atoms with Crippen molar-refractivity contribution in [3.8, 4) is 28.7 Å². The predicted octanol–water partition coefficient (Wildman–Crippen LogP) is 2.92. The molecule has 9 nitrogen and oxygen atoms in total. The van der Waals surface area contributed by atoms with E-state index in [9.17, 15) is 0 Å². The van der Waals surface area contributed by atoms with Crippen LogP contribution in [0.4, 0.5) is 5.69 Å². The molecule has 1 aliphatic heterocycles. The van der Waals surface area contributed by atoms with Gasteiger partial charge in [0.1, 0.15) is 17.8 Å². The first-order valence-corrected chi connectivity index (χ1v) is 9.77. The molecule has 150 valence electrons. The molecule has 0 unspecified atom stereocenters. The molecule has 30 heavy (non-hydrogen) atoms. The molecule has 1 N–H and O–H groups in total. The summed E-state index contributed by atoms with van der Waals surface area (Å²) in [5.74, 6) is 0. The van der Waals surface area contributed by atoms with Gasteiger partial charge in [-0.3, -0.25) is 4.98 Å². The predicted molar refractivity (Wildman–Crippen MR) is 111 cm³/mol. The van der Waals surface area contributed by atoms with Gasteiger partial charge in [-0.15, -0.1) is 5.10 Å². The average molecular weight is 400 g/mol. The normalized spacial score (nSPS) is 14.1. The highest BCUT2D eigenvalue weighted by Gasteiger charge is 2.23. The number of hydrogen-bond donors (Lipinski definition) is 1. The molecule has 0 aliphatic carbocycles. The lowest BCUT2D eigenvalue weighted by Gasteiger charge is -2.25. The van der Waals surface area contributed by atoms with E-state index in [1.165, 1.54) is 0 Å². The van der Waals surface area contributed by atoms with Crippen LogP contribution in [0.2, 0.25) is 0 Å². The Morgan fingerprint density at radius 3 is 2.80 bits per heavy atom. The molecule has 9 heteroatoms. The summed E-state index contributed by atoms with van der Waals surface area (Å²) in [6.45, 7) is 5.51. The van der Waals surface area contributed by atoms with Crippen molar-refractivity contribution in [1.29, 1.82) is 5.26 Å². The Balaban J connectivity index is 1.56. The van der Waals surface area contributed by atoms with Gasteiger partial charge in [0, 0.05) is 23.5 Å². The first-order chi connectivity index (χ1) is 14.6. The van der Waals surface area contributed by atoms with E-state index < -0.39 is 0 Å². The quantitative estimate of drug-likeness (QED) is 0.549. The lowest BCUT2D eigenvalue weighted by Crippen LogP contribution is -2.30. The van der Waals surface area contributed by atoms with E-state index in [4.69, 9.17) is 10.00 Å². The number of hydrogen-bond acceptors (Lipinski definition) is 7. The molecule has 0 spiro atoms. The van der Waals surface area contributed by atoms with Crippen LogP contribution in [0.25, 0.3) is 28.2 Å². The van der Waals surface area contributed by atoms with Crippen molar-refractivity contribution in [1.82, 2.24) is 29.6 Å². The Hall–Kier alpha value is -3.77. The molecule has 4 aromatic rings. The van der Waals surface area contributed by atoms with Crippen molar-refractivity contribution in [3.05, 3.63) is 48.4 Å². The molecule has 0 aromatic carbocycles. The van der Waals surface area contributed by atoms with Crippen molar-refractivity contribution < 1.29 is 4.74 Å². The number of fused-ring (bicyclic) bond motifs is 1. The standard InChI is InChI=1S/C21H20N8O/c1-13(2)25-18-6-19(21-4-3-15-5-14(7-22)8-24-29(15)21)23-9-17(18)20-10-28(27-26-20)16-11-30-12-16/h3-6,8-10,13,16H,11-12H2,1-2H3,(H,23,25). The van der Waals surface area contributed by atoms with E-state index in [-0.39, 0.29) is 12.1 Å². The van der Waals surface area contributed by atoms with E-state index in [1.54, 1.807) is 16.8 Å². The molecular formula is C21H20N8O. The maximum Gasteiger partial charge on any atom is 0.116 e. The van der Waals surface area contributed by atoms with E-state index in [0.29, 0.717) is 18.8 Å². The number of nitrogens with zero attached hydrogens (tertiary/aromatic N) is 7. The van der Waals surface area contributed by atoms with Gasteiger partial charge < -0.3 is 10.1 Å². The van der Waals surface area contributed by atoms with Gasteiger partial charge in [0.2, 0.25) is 0 Å². The zero-order valence-corrected chi connectivity index (χ0v) is 16.6. The molecule has 0 saturated carbocycles. The smallest absolute Gasteiger partial charge is 0.116 e. The highest BCUT2D eigenvalue weighted by Crippen LogP contribution is 2.31. The molecule has 1 saturated heterocycles. The van der Waals surface area contributed by atoms with Gasteiger partial charge in [0.05, 0.1) is 48.1 Å². The summed E-state index contributed by atoms with van der Waals surface area (Å²) in [7, 11) is 0. The number of nitrogens with one attached hydrogen (secondary N) is 1. The number of rotatable bonds is 5. The molecule has 5 rings (SSSR count). The largest absolute Gasteiger partial charge is 0.382 e. The van der Waals surface area contributed by atoms with E-state index in [1.807, 2.05) is 35.3 Å². The van der Waals surface area contributed by atoms with Gasteiger partial charge in [-0.2, -0.15) is 10.4 Å². The van der Waals surface area contributed by atoms with E-state index in [0.717, 1.165) is 33.8 Å². The maximum atomic E-state index is 9.10. The first-order valence-electron chi connectivity index (χ1n) is 9.77. The summed E-state index contributed by atoms with van der Waals surface area (Å²) in [5.41, 5.74) is 5.58. The monoisotopic (exact) mass is 400 g/mol. The van der Waals surface area contributed by atoms with Gasteiger partial charge in [-0.05, 0) is 38.1 Å². The third-order valence-corrected chi connectivity index (χ3v) is 5.02. The van der Waals surface area contributed by atoms with Crippen LogP contribution in [-0.4, -0.2) is 48.8 Å². The molecule has 5 heterocycles. The molecule has 1 fully saturated rings. The lowest BCUT2D eigenvalue weighted by atomic mass is 10.1. The number of ether oxygens (including phenoxy) is 1. The molecule has 4 aromatic heterocycles. The Morgan fingerprint density at radius 2 is 2.07 bits per heavy atom. The third-order valence-electron chi connectivity index (χ3n) is 5.02. The van der Waals surface area contributed by atoms with Crippen LogP contribution in [0.15, 0.2) is 42.9 Å². The van der Waals surface area contributed by atoms with Gasteiger partial charge in [0.15, 0.2) is 0 Å². The summed E-state index contributed by atoms with van der Waals surface area (Å²) in [6.07, 6.45) is 5.31. The molecule has 1 aliphatic rings. The van der Waals surface area contributed by atoms with E-state index in [2.05, 4.69) is 45.6 Å². The van der Waals surface area contributed by atoms with Gasteiger partial charge in [0.25, 0.3) is 0 Å². The topological polar surface area (TPSA) is 106 Å². The Labute approximate surface area is 172 Å². The van der Waals surface area contributed by atoms with Crippen molar-refractivity contribution in [2.45, 2.75) is 25.9 Å². The van der Waals surface area contributed by atoms with Crippen LogP contribution in [0.5, 0.6) is 0 Å². The van der Waals surface area contributed by atoms with E-state index >= 15 is 0 Å². The molecule has 0 amide bonds. The van der Waals surface area contributed by atoms with Crippen molar-refractivity contribution in [3.63, 3.8) is 0 Å². The summed E-state index contributed by atoms with van der Waals surface area (Å²) in [4.78, 5) is 4.68. The zero-order chi connectivity index (χ0) is 20.7. The fourth-order valence-corrected chi connectivity index (χ4v) is 3.44. The second-order valence-electron chi connectivity index (χ2n) is 7.60. The van der Waals surface area contributed by atoms with Crippen LogP contribution in [0.3, 0.4) is 0 Å². The lowest BCUT2D eigenvalue weighted by molar-refractivity contribution is -0.0293. The third kappa shape index (κ3) is 3.17. The van der Waals surface area contributed by atoms with Crippen molar-refractivity contribution in [2.75, 3.05) is 18.5 Å². The Morgan fingerprint density at radius 1 is 1.20 bits per heavy atom. The van der Waals surface area contributed by atoms with Crippen LogP contribution in [0.1, 0.15) is 25.5 Å². The van der Waals surface area contributed by atoms with Crippen molar-refractivity contribution in [2.24, 2.45) is 0 Å². The molecule has 0 radical (unpaired) electrons. The fourth-order valence-electron chi connectivity index (χ4n) is 3.44. The maximum absolute atomic E-state index is 9.10. The van der Waals surface area contributed by atoms with Crippen LogP contribution < -0.4 is 5.32 Å². The van der Waals surface area contributed by atoms with Gasteiger partial charge in [-0.25, -0.2) is 9.20 Å². The molecule has 0 bridgehead atoms. The number of nitriles is 1. The minimum atomic E-state index is 0.231. The summed E-state index contributed by atoms with van der Waals surface area (Å²) in [5, 5.41) is 25.6. The average Bonchev–Trinajstić information content (AvgIpc) is 3.33. The second-order valence-corrected chi connectivity index (χ2v) is 7.60. The Bertz CT molecular complexity index is 1260. The molecular weight excluding hydrogens is 380 g/mol. The summed E-state index contributed by atoms with van der Waals surface area (Å²) >= 11 is 0. The summed E-state index contributed by atoms with van der Waals surface area (Å²) < 4.78 is 8.88. The van der Waals surface area contributed by atoms with Crippen molar-refractivity contribution >= 4 is 11.2 Å². The minimum absolute atomic E-state index is 0.231. The number of anilines is 1. The fraction of sp³-hybridized carbons (Fsp3) is 0.286. The first kappa shape index (κ1) is 18.3. The number of aromatic nitrogens is 6. The van der Waals surface area contributed by atoms with Crippen LogP contribution >= 0.6 is 0 Å². The second kappa shape index (κ2) is 7.24.